The molecule has 0 radical (unpaired) electrons. The maximum absolute atomic E-state index is 13.2. The zero-order valence-corrected chi connectivity index (χ0v) is 20.1. The molecular weight excluding hydrogens is 481 g/mol. The van der Waals surface area contributed by atoms with Gasteiger partial charge in [0.2, 0.25) is 15.9 Å². The summed E-state index contributed by atoms with van der Waals surface area (Å²) in [4.78, 5) is 14.3. The first kappa shape index (κ1) is 24.5. The van der Waals surface area contributed by atoms with Gasteiger partial charge in [-0.3, -0.25) is 4.79 Å². The number of nitrogens with one attached hydrogen (secondary N) is 2. The highest BCUT2D eigenvalue weighted by Crippen LogP contribution is 2.57. The lowest BCUT2D eigenvalue weighted by molar-refractivity contribution is -0.137. The van der Waals surface area contributed by atoms with E-state index in [-0.39, 0.29) is 28.9 Å². The van der Waals surface area contributed by atoms with Gasteiger partial charge in [-0.1, -0.05) is 0 Å². The largest absolute Gasteiger partial charge is 0.416 e. The van der Waals surface area contributed by atoms with Gasteiger partial charge in [0.05, 0.1) is 23.1 Å². The van der Waals surface area contributed by atoms with Crippen LogP contribution < -0.4 is 10.0 Å². The average molecular weight is 511 g/mol. The molecule has 7 nitrogen and oxygen atoms in total. The van der Waals surface area contributed by atoms with Gasteiger partial charge in [0, 0.05) is 17.6 Å². The van der Waals surface area contributed by atoms with Gasteiger partial charge in [0.1, 0.15) is 6.04 Å². The predicted molar refractivity (Wildman–Crippen MR) is 120 cm³/mol. The minimum atomic E-state index is -4.53. The number of nitrogens with zero attached hydrogens (tertiary/aromatic N) is 2. The molecule has 4 bridgehead atoms. The fourth-order valence-electron chi connectivity index (χ4n) is 7.32. The van der Waals surface area contributed by atoms with E-state index in [1.165, 1.54) is 0 Å². The highest BCUT2D eigenvalue weighted by Gasteiger charge is 2.58. The van der Waals surface area contributed by atoms with Crippen molar-refractivity contribution < 1.29 is 26.4 Å². The van der Waals surface area contributed by atoms with E-state index in [9.17, 15) is 31.6 Å². The Morgan fingerprint density at radius 2 is 1.74 bits per heavy atom. The quantitative estimate of drug-likeness (QED) is 0.612. The van der Waals surface area contributed by atoms with Gasteiger partial charge in [-0.25, -0.2) is 13.1 Å². The molecule has 6 rings (SSSR count). The number of halogens is 3. The number of sulfonamides is 1. The Morgan fingerprint density at radius 1 is 1.11 bits per heavy atom. The van der Waals surface area contributed by atoms with E-state index in [0.717, 1.165) is 49.9 Å². The first-order valence-corrected chi connectivity index (χ1v) is 13.6. The van der Waals surface area contributed by atoms with Crippen molar-refractivity contribution in [1.29, 1.82) is 5.26 Å². The predicted octanol–water partition coefficient (Wildman–Crippen LogP) is 3.18. The fourth-order valence-corrected chi connectivity index (χ4v) is 8.74. The number of amides is 1. The van der Waals surface area contributed by atoms with Crippen LogP contribution in [0, 0.1) is 23.2 Å². The third-order valence-corrected chi connectivity index (χ3v) is 9.84. The van der Waals surface area contributed by atoms with Gasteiger partial charge < -0.3 is 10.2 Å². The van der Waals surface area contributed by atoms with Crippen molar-refractivity contribution in [2.75, 3.05) is 13.1 Å². The topological polar surface area (TPSA) is 102 Å². The standard InChI is InChI=1S/C24H29F3N4O3S/c25-24(26,27)18-3-5-20(6-4-18)35(33,34)30-23-11-16-8-17(12-23)10-22(9-16,15-23)29-14-21(32)31-7-1-2-19(31)13-28/h3-6,16-17,19,29-30H,1-2,7-12,14-15H2. The Labute approximate surface area is 203 Å². The molecule has 1 saturated heterocycles. The van der Waals surface area contributed by atoms with Crippen LogP contribution in [0.15, 0.2) is 29.2 Å². The summed E-state index contributed by atoms with van der Waals surface area (Å²) in [5, 5.41) is 12.8. The number of hydrogen-bond donors (Lipinski definition) is 2. The summed E-state index contributed by atoms with van der Waals surface area (Å²) in [6, 6.07) is 5.37. The maximum atomic E-state index is 13.2. The molecule has 1 aromatic rings. The Balaban J connectivity index is 1.31. The lowest BCUT2D eigenvalue weighted by atomic mass is 9.50. The molecule has 3 unspecified atom stereocenters. The second-order valence-corrected chi connectivity index (χ2v) is 12.6. The number of hydrogen-bond acceptors (Lipinski definition) is 5. The molecule has 0 spiro atoms. The molecule has 3 atom stereocenters. The van der Waals surface area contributed by atoms with Crippen LogP contribution in [0.4, 0.5) is 13.2 Å². The van der Waals surface area contributed by atoms with Crippen LogP contribution in [0.5, 0.6) is 0 Å². The van der Waals surface area contributed by atoms with Gasteiger partial charge in [-0.2, -0.15) is 18.4 Å². The van der Waals surface area contributed by atoms with Crippen molar-refractivity contribution in [3.05, 3.63) is 29.8 Å². The average Bonchev–Trinajstić information content (AvgIpc) is 3.24. The van der Waals surface area contributed by atoms with Crippen molar-refractivity contribution in [2.24, 2.45) is 11.8 Å². The second-order valence-electron chi connectivity index (χ2n) is 10.9. The number of alkyl halides is 3. The van der Waals surface area contributed by atoms with Gasteiger partial charge >= 0.3 is 6.18 Å². The highest BCUT2D eigenvalue weighted by atomic mass is 32.2. The van der Waals surface area contributed by atoms with E-state index in [0.29, 0.717) is 44.1 Å². The van der Waals surface area contributed by atoms with Gasteiger partial charge in [0.25, 0.3) is 0 Å². The summed E-state index contributed by atoms with van der Waals surface area (Å²) in [6.45, 7) is 0.688. The fraction of sp³-hybridized carbons (Fsp3) is 0.667. The minimum Gasteiger partial charge on any atom is -0.326 e. The first-order valence-electron chi connectivity index (χ1n) is 12.1. The number of carbonyl (C=O) groups is 1. The van der Waals surface area contributed by atoms with Crippen LogP contribution in [0.25, 0.3) is 0 Å². The summed E-state index contributed by atoms with van der Waals surface area (Å²) >= 11 is 0. The van der Waals surface area contributed by atoms with E-state index in [4.69, 9.17) is 0 Å². The lowest BCUT2D eigenvalue weighted by Gasteiger charge is -2.62. The Bertz CT molecular complexity index is 1130. The normalized spacial score (nSPS) is 34.2. The second kappa shape index (κ2) is 8.46. The van der Waals surface area contributed by atoms with Crippen LogP contribution in [0.1, 0.15) is 56.9 Å². The lowest BCUT2D eigenvalue weighted by Crippen LogP contribution is -2.69. The third-order valence-electron chi connectivity index (χ3n) is 8.24. The number of carbonyl (C=O) groups excluding carboxylic acids is 1. The molecule has 1 aliphatic heterocycles. The Kier molecular flexibility index (Phi) is 5.93. The summed E-state index contributed by atoms with van der Waals surface area (Å²) in [7, 11) is -4.02. The van der Waals surface area contributed by atoms with Crippen LogP contribution in [-0.4, -0.2) is 49.4 Å². The summed E-state index contributed by atoms with van der Waals surface area (Å²) in [6.07, 6.45) is 1.61. The smallest absolute Gasteiger partial charge is 0.326 e. The van der Waals surface area contributed by atoms with Gasteiger partial charge in [-0.15, -0.1) is 0 Å². The molecule has 5 aliphatic rings. The van der Waals surface area contributed by atoms with E-state index in [1.807, 2.05) is 0 Å². The van der Waals surface area contributed by atoms with Crippen molar-refractivity contribution in [2.45, 2.75) is 79.6 Å². The van der Waals surface area contributed by atoms with E-state index < -0.39 is 27.3 Å². The van der Waals surface area contributed by atoms with Crippen LogP contribution >= 0.6 is 0 Å². The molecule has 190 valence electrons. The monoisotopic (exact) mass is 510 g/mol. The van der Waals surface area contributed by atoms with Crippen molar-refractivity contribution >= 4 is 15.9 Å². The SMILES string of the molecule is N#CC1CCCN1C(=O)CNC12CC3CC(C1)CC(NS(=O)(=O)c1ccc(C(F)(F)F)cc1)(C3)C2. The van der Waals surface area contributed by atoms with Gasteiger partial charge in [-0.05, 0) is 87.5 Å². The zero-order valence-electron chi connectivity index (χ0n) is 19.3. The minimum absolute atomic E-state index is 0.107. The molecular formula is C24H29F3N4O3S. The Morgan fingerprint density at radius 3 is 2.34 bits per heavy atom. The van der Waals surface area contributed by atoms with Crippen LogP contribution in [0.3, 0.4) is 0 Å². The van der Waals surface area contributed by atoms with Gasteiger partial charge in [0.15, 0.2) is 0 Å². The number of rotatable bonds is 6. The van der Waals surface area contributed by atoms with Crippen LogP contribution in [-0.2, 0) is 21.0 Å². The number of nitriles is 1. The maximum Gasteiger partial charge on any atom is 0.416 e. The third kappa shape index (κ3) is 4.68. The molecule has 1 aromatic carbocycles. The van der Waals surface area contributed by atoms with Crippen molar-refractivity contribution in [3.63, 3.8) is 0 Å². The number of benzene rings is 1. The highest BCUT2D eigenvalue weighted by molar-refractivity contribution is 7.89. The van der Waals surface area contributed by atoms with Crippen LogP contribution in [0.2, 0.25) is 0 Å². The Hall–Kier alpha value is -2.16. The van der Waals surface area contributed by atoms with Crippen molar-refractivity contribution in [3.8, 4) is 6.07 Å². The molecule has 5 fully saturated rings. The summed E-state index contributed by atoms with van der Waals surface area (Å²) < 4.78 is 67.9. The molecule has 4 aliphatic carbocycles. The van der Waals surface area contributed by atoms with Crippen molar-refractivity contribution in [1.82, 2.24) is 14.9 Å². The molecule has 2 N–H and O–H groups in total. The molecule has 11 heteroatoms. The van der Waals surface area contributed by atoms with E-state index in [1.54, 1.807) is 4.90 Å². The molecule has 4 saturated carbocycles. The zero-order chi connectivity index (χ0) is 25.1. The molecule has 1 heterocycles. The molecule has 0 aromatic heterocycles. The van der Waals surface area contributed by atoms with E-state index in [2.05, 4.69) is 16.1 Å². The summed E-state index contributed by atoms with van der Waals surface area (Å²) in [5.74, 6) is 0.518. The first-order chi connectivity index (χ1) is 16.4. The van der Waals surface area contributed by atoms with E-state index >= 15 is 0 Å². The molecule has 1 amide bonds. The number of likely N-dealkylation sites (tertiary alicyclic amines) is 1. The summed E-state index contributed by atoms with van der Waals surface area (Å²) in [5.41, 5.74) is -1.95. The molecule has 35 heavy (non-hydrogen) atoms.